The highest BCUT2D eigenvalue weighted by atomic mass is 16.7. The minimum Gasteiger partial charge on any atom is -0.429 e. The van der Waals surface area contributed by atoms with Crippen molar-refractivity contribution in [1.82, 2.24) is 16.0 Å². The molecule has 0 aliphatic heterocycles. The first kappa shape index (κ1) is 44.1. The van der Waals surface area contributed by atoms with Gasteiger partial charge in [-0.2, -0.15) is 0 Å². The maximum absolute atomic E-state index is 13.3. The molecule has 2 aromatic carbocycles. The summed E-state index contributed by atoms with van der Waals surface area (Å²) in [6.45, 7) is 4.45. The Morgan fingerprint density at radius 3 is 2.17 bits per heavy atom. The number of urea groups is 1. The summed E-state index contributed by atoms with van der Waals surface area (Å²) in [6.07, 6.45) is -0.635. The smallest absolute Gasteiger partial charge is 0.429 e. The Kier molecular flexibility index (Phi) is 20.5. The van der Waals surface area contributed by atoms with Gasteiger partial charge in [0, 0.05) is 35.8 Å². The molecule has 0 fully saturated rings. The fraction of sp³-hybridized carbons (Fsp3) is 0.485. The number of carbonyl (C=O) groups is 5. The number of ether oxygens (including phenoxy) is 5. The van der Waals surface area contributed by atoms with Crippen LogP contribution in [0.5, 0.6) is 5.75 Å². The van der Waals surface area contributed by atoms with Gasteiger partial charge < -0.3 is 50.7 Å². The van der Waals surface area contributed by atoms with Crippen LogP contribution in [0, 0.1) is 16.0 Å². The van der Waals surface area contributed by atoms with Gasteiger partial charge in [-0.1, -0.05) is 31.1 Å². The first-order chi connectivity index (χ1) is 25.9. The summed E-state index contributed by atoms with van der Waals surface area (Å²) in [5.74, 6) is -2.04. The van der Waals surface area contributed by atoms with E-state index in [1.54, 1.807) is 38.1 Å². The fourth-order valence-electron chi connectivity index (χ4n) is 4.37. The number of nitrogens with two attached hydrogens (primary N) is 1. The van der Waals surface area contributed by atoms with Gasteiger partial charge in [-0.05, 0) is 54.1 Å². The molecule has 2 aromatic rings. The van der Waals surface area contributed by atoms with Crippen molar-refractivity contribution >= 4 is 41.3 Å². The number of primary amides is 1. The summed E-state index contributed by atoms with van der Waals surface area (Å²) in [7, 11) is 0. The molecule has 0 aliphatic carbocycles. The van der Waals surface area contributed by atoms with Crippen molar-refractivity contribution in [2.24, 2.45) is 16.8 Å². The monoisotopic (exact) mass is 759 g/mol. The van der Waals surface area contributed by atoms with E-state index in [9.17, 15) is 34.1 Å². The van der Waals surface area contributed by atoms with Gasteiger partial charge in [0.05, 0.1) is 38.0 Å². The van der Waals surface area contributed by atoms with Gasteiger partial charge in [0.25, 0.3) is 5.69 Å². The predicted molar refractivity (Wildman–Crippen MR) is 191 cm³/mol. The lowest BCUT2D eigenvalue weighted by molar-refractivity contribution is -0.384. The number of rotatable bonds is 25. The molecule has 6 N–H and O–H groups in total. The summed E-state index contributed by atoms with van der Waals surface area (Å²) in [5.41, 5.74) is 14.1. The number of amides is 5. The Morgan fingerprint density at radius 2 is 1.56 bits per heavy atom. The van der Waals surface area contributed by atoms with Gasteiger partial charge in [-0.25, -0.2) is 9.59 Å². The molecule has 0 saturated carbocycles. The summed E-state index contributed by atoms with van der Waals surface area (Å²) >= 11 is 0. The number of anilines is 1. The van der Waals surface area contributed by atoms with E-state index in [4.69, 9.17) is 34.9 Å². The van der Waals surface area contributed by atoms with Crippen LogP contribution in [-0.2, 0) is 39.9 Å². The van der Waals surface area contributed by atoms with Crippen molar-refractivity contribution in [3.8, 4) is 5.75 Å². The molecule has 5 amide bonds. The molecule has 0 radical (unpaired) electrons. The van der Waals surface area contributed by atoms with Crippen molar-refractivity contribution in [2.45, 2.75) is 45.4 Å². The normalized spacial score (nSPS) is 11.7. The van der Waals surface area contributed by atoms with Gasteiger partial charge >= 0.3 is 12.2 Å². The van der Waals surface area contributed by atoms with E-state index in [0.717, 1.165) is 0 Å². The lowest BCUT2D eigenvalue weighted by atomic mass is 10.0. The molecule has 21 nitrogen and oxygen atoms in total. The van der Waals surface area contributed by atoms with Crippen LogP contribution in [0.1, 0.15) is 32.3 Å². The zero-order valence-electron chi connectivity index (χ0n) is 29.9. The first-order valence-electron chi connectivity index (χ1n) is 16.8. The zero-order chi connectivity index (χ0) is 39.7. The standard InChI is InChI=1S/C33H45N9O12/c1-22(2)29(40-28(43)21-52-19-18-51-17-16-50-15-14-37-41-35)31(45)39-27(4-3-13-36-32(34)46)30(44)38-24-7-5-23(6-8-24)20-53-33(47)54-26-11-9-25(10-12-26)42(48)49/h5-12,22,27,29H,3-4,13-21H2,1-2H3,(H,38,44)(H,39,45)(H,40,43)(H3,34,36,46). The van der Waals surface area contributed by atoms with Crippen LogP contribution in [0.4, 0.5) is 21.0 Å². The van der Waals surface area contributed by atoms with Crippen LogP contribution in [0.15, 0.2) is 53.6 Å². The SMILES string of the molecule is CC(C)C(NC(=O)COCCOCCOCCN=[N+]=[N-])C(=O)NC(CCCNC(N)=O)C(=O)Nc1ccc(COC(=O)Oc2ccc([N+](=O)[O-])cc2)cc1. The number of carbonyl (C=O) groups excluding carboxylic acids is 5. The third-order valence-electron chi connectivity index (χ3n) is 7.07. The molecule has 54 heavy (non-hydrogen) atoms. The van der Waals surface area contributed by atoms with E-state index in [0.29, 0.717) is 17.9 Å². The number of nitrogens with zero attached hydrogens (tertiary/aromatic N) is 4. The molecule has 21 heteroatoms. The minimum atomic E-state index is -1.07. The van der Waals surface area contributed by atoms with Crippen LogP contribution in [0.2, 0.25) is 0 Å². The third kappa shape index (κ3) is 18.5. The number of nitro benzene ring substituents is 1. The van der Waals surface area contributed by atoms with E-state index in [1.165, 1.54) is 24.3 Å². The molecule has 0 heterocycles. The Bertz CT molecular complexity index is 1570. The van der Waals surface area contributed by atoms with Crippen molar-refractivity contribution in [3.05, 3.63) is 74.7 Å². The van der Waals surface area contributed by atoms with Crippen LogP contribution < -0.4 is 31.7 Å². The summed E-state index contributed by atoms with van der Waals surface area (Å²) in [4.78, 5) is 75.3. The van der Waals surface area contributed by atoms with Gasteiger partial charge in [0.15, 0.2) is 0 Å². The summed E-state index contributed by atoms with van der Waals surface area (Å²) < 4.78 is 26.0. The molecular weight excluding hydrogens is 714 g/mol. The number of nitrogens with one attached hydrogen (secondary N) is 4. The number of hydrogen-bond acceptors (Lipinski definition) is 13. The average Bonchev–Trinajstić information content (AvgIpc) is 3.13. The fourth-order valence-corrected chi connectivity index (χ4v) is 4.37. The molecule has 294 valence electrons. The van der Waals surface area contributed by atoms with E-state index >= 15 is 0 Å². The highest BCUT2D eigenvalue weighted by molar-refractivity contribution is 5.98. The number of benzene rings is 2. The van der Waals surface area contributed by atoms with E-state index in [-0.39, 0.29) is 82.9 Å². The molecule has 0 saturated heterocycles. The molecule has 2 unspecified atom stereocenters. The van der Waals surface area contributed by atoms with Gasteiger partial charge in [0.2, 0.25) is 17.7 Å². The number of hydrogen-bond donors (Lipinski definition) is 5. The van der Waals surface area contributed by atoms with Crippen molar-refractivity contribution in [1.29, 1.82) is 0 Å². The highest BCUT2D eigenvalue weighted by Crippen LogP contribution is 2.18. The largest absolute Gasteiger partial charge is 0.514 e. The first-order valence-corrected chi connectivity index (χ1v) is 16.8. The molecule has 0 aromatic heterocycles. The molecule has 0 bridgehead atoms. The maximum atomic E-state index is 13.3. The summed E-state index contributed by atoms with van der Waals surface area (Å²) in [6, 6.07) is 8.33. The number of azide groups is 1. The van der Waals surface area contributed by atoms with Crippen LogP contribution in [0.25, 0.3) is 10.4 Å². The van der Waals surface area contributed by atoms with E-state index in [2.05, 4.69) is 31.3 Å². The average molecular weight is 760 g/mol. The molecular formula is C33H45N9O12. The zero-order valence-corrected chi connectivity index (χ0v) is 29.9. The summed E-state index contributed by atoms with van der Waals surface area (Å²) in [5, 5.41) is 24.6. The van der Waals surface area contributed by atoms with Crippen molar-refractivity contribution in [3.63, 3.8) is 0 Å². The maximum Gasteiger partial charge on any atom is 0.514 e. The van der Waals surface area contributed by atoms with Gasteiger partial charge in [-0.15, -0.1) is 0 Å². The van der Waals surface area contributed by atoms with Gasteiger partial charge in [0.1, 0.15) is 31.0 Å². The predicted octanol–water partition coefficient (Wildman–Crippen LogP) is 2.68. The minimum absolute atomic E-state index is 0.0599. The van der Waals surface area contributed by atoms with Crippen molar-refractivity contribution < 1.29 is 52.6 Å². The van der Waals surface area contributed by atoms with Gasteiger partial charge in [-0.3, -0.25) is 24.5 Å². The molecule has 0 spiro atoms. The lowest BCUT2D eigenvalue weighted by Crippen LogP contribution is -2.55. The van der Waals surface area contributed by atoms with E-state index in [1.807, 2.05) is 0 Å². The number of non-ortho nitro benzene ring substituents is 1. The molecule has 2 rings (SSSR count). The third-order valence-corrected chi connectivity index (χ3v) is 7.07. The van der Waals surface area contributed by atoms with Crippen LogP contribution >= 0.6 is 0 Å². The molecule has 0 aliphatic rings. The Labute approximate surface area is 310 Å². The lowest BCUT2D eigenvalue weighted by Gasteiger charge is -2.25. The quantitative estimate of drug-likeness (QED) is 0.0143. The topological polar surface area (TPSA) is 298 Å². The van der Waals surface area contributed by atoms with Crippen molar-refractivity contribution in [2.75, 3.05) is 58.0 Å². The second-order valence-electron chi connectivity index (χ2n) is 11.6. The Morgan fingerprint density at radius 1 is 0.907 bits per heavy atom. The van der Waals surface area contributed by atoms with Crippen LogP contribution in [-0.4, -0.2) is 99.6 Å². The second-order valence-corrected chi connectivity index (χ2v) is 11.6. The van der Waals surface area contributed by atoms with Crippen LogP contribution in [0.3, 0.4) is 0 Å². The number of nitro groups is 1. The molecule has 2 atom stereocenters. The Balaban J connectivity index is 1.89. The Hall–Kier alpha value is -6.02. The van der Waals surface area contributed by atoms with E-state index < -0.39 is 46.9 Å². The highest BCUT2D eigenvalue weighted by Gasteiger charge is 2.29. The second kappa shape index (κ2) is 25.0.